The fraction of sp³-hybridized carbons (Fsp3) is 0.517. The number of carbonyl (C=O) groups excluding carboxylic acids is 3. The van der Waals surface area contributed by atoms with Gasteiger partial charge in [0.1, 0.15) is 17.2 Å². The van der Waals surface area contributed by atoms with Gasteiger partial charge in [-0.2, -0.15) is 4.90 Å². The highest BCUT2D eigenvalue weighted by atomic mass is 16.6. The normalized spacial score (nSPS) is 19.4. The average molecular weight is 527 g/mol. The third-order valence-corrected chi connectivity index (χ3v) is 5.91. The number of allylic oxidation sites excluding steroid dienone is 1. The molecule has 1 aromatic rings. The summed E-state index contributed by atoms with van der Waals surface area (Å²) in [4.78, 5) is 45.2. The molecule has 2 atom stereocenters. The standard InChI is InChI=1S/C29H38N2O7/c1-9-18-19(20-15-16-30-24(20)22-12-10-11-17-36-22)13-14-21(23(18)25(32)35-8)31(26(33)37-28(2,3)4)27(34)38-29(5,6)7/h9,13-16,22,24H,1,10-12,17H2,2-8H3. The molecule has 1 fully saturated rings. The molecule has 1 saturated heterocycles. The second-order valence-corrected chi connectivity index (χ2v) is 11.2. The van der Waals surface area contributed by atoms with E-state index in [-0.39, 0.29) is 23.4 Å². The van der Waals surface area contributed by atoms with Crippen molar-refractivity contribution in [2.45, 2.75) is 84.2 Å². The predicted molar refractivity (Wildman–Crippen MR) is 147 cm³/mol. The maximum Gasteiger partial charge on any atom is 0.424 e. The summed E-state index contributed by atoms with van der Waals surface area (Å²) in [6, 6.07) is 3.00. The van der Waals surface area contributed by atoms with Gasteiger partial charge in [-0.25, -0.2) is 14.4 Å². The summed E-state index contributed by atoms with van der Waals surface area (Å²) >= 11 is 0. The first kappa shape index (κ1) is 29.1. The molecule has 0 N–H and O–H groups in total. The average Bonchev–Trinajstić information content (AvgIpc) is 3.31. The van der Waals surface area contributed by atoms with Crippen LogP contribution in [0.15, 0.2) is 29.8 Å². The van der Waals surface area contributed by atoms with Gasteiger partial charge in [0, 0.05) is 12.8 Å². The van der Waals surface area contributed by atoms with Crippen LogP contribution in [0.4, 0.5) is 15.3 Å². The van der Waals surface area contributed by atoms with Crippen LogP contribution < -0.4 is 4.90 Å². The van der Waals surface area contributed by atoms with Crippen LogP contribution in [0.3, 0.4) is 0 Å². The van der Waals surface area contributed by atoms with Crippen molar-refractivity contribution in [3.63, 3.8) is 0 Å². The molecule has 9 heteroatoms. The van der Waals surface area contributed by atoms with Gasteiger partial charge >= 0.3 is 18.2 Å². The molecule has 9 nitrogen and oxygen atoms in total. The highest BCUT2D eigenvalue weighted by Gasteiger charge is 2.38. The summed E-state index contributed by atoms with van der Waals surface area (Å²) in [6.07, 6.45) is 5.97. The van der Waals surface area contributed by atoms with Crippen molar-refractivity contribution in [3.05, 3.63) is 41.5 Å². The lowest BCUT2D eigenvalue weighted by atomic mass is 9.87. The van der Waals surface area contributed by atoms with Crippen molar-refractivity contribution in [1.29, 1.82) is 0 Å². The maximum absolute atomic E-state index is 13.3. The fourth-order valence-electron chi connectivity index (χ4n) is 4.42. The summed E-state index contributed by atoms with van der Waals surface area (Å²) in [5, 5.41) is 0. The van der Waals surface area contributed by atoms with Crippen LogP contribution in [0.2, 0.25) is 0 Å². The number of carbonyl (C=O) groups is 3. The molecule has 2 amide bonds. The van der Waals surface area contributed by atoms with Crippen molar-refractivity contribution in [3.8, 4) is 0 Å². The van der Waals surface area contributed by atoms with Gasteiger partial charge < -0.3 is 18.9 Å². The van der Waals surface area contributed by atoms with Gasteiger partial charge in [-0.3, -0.25) is 4.99 Å². The molecule has 38 heavy (non-hydrogen) atoms. The Kier molecular flexibility index (Phi) is 8.82. The Morgan fingerprint density at radius 3 is 2.18 bits per heavy atom. The van der Waals surface area contributed by atoms with Gasteiger partial charge in [0.2, 0.25) is 0 Å². The number of nitrogens with zero attached hydrogens (tertiary/aromatic N) is 2. The molecule has 3 rings (SSSR count). The molecule has 0 aliphatic carbocycles. The van der Waals surface area contributed by atoms with E-state index in [1.165, 1.54) is 19.3 Å². The van der Waals surface area contributed by atoms with Gasteiger partial charge in [-0.05, 0) is 89.6 Å². The van der Waals surface area contributed by atoms with Crippen molar-refractivity contribution < 1.29 is 33.3 Å². The first-order chi connectivity index (χ1) is 17.8. The van der Waals surface area contributed by atoms with E-state index in [0.717, 1.165) is 29.7 Å². The van der Waals surface area contributed by atoms with Crippen LogP contribution in [0, 0.1) is 0 Å². The number of anilines is 1. The smallest absolute Gasteiger partial charge is 0.424 e. The molecule has 0 aromatic heterocycles. The molecule has 2 unspecified atom stereocenters. The first-order valence-electron chi connectivity index (χ1n) is 12.8. The Bertz CT molecular complexity index is 1120. The zero-order valence-electron chi connectivity index (χ0n) is 23.3. The Morgan fingerprint density at radius 1 is 1.05 bits per heavy atom. The van der Waals surface area contributed by atoms with Gasteiger partial charge in [0.25, 0.3) is 0 Å². The number of aliphatic imine (C=N–C) groups is 1. The molecule has 0 spiro atoms. The second-order valence-electron chi connectivity index (χ2n) is 11.2. The number of esters is 1. The number of benzene rings is 1. The largest absolute Gasteiger partial charge is 0.465 e. The zero-order chi connectivity index (χ0) is 28.3. The summed E-state index contributed by atoms with van der Waals surface area (Å²) in [5.74, 6) is -0.751. The lowest BCUT2D eigenvalue weighted by Gasteiger charge is -2.31. The molecular formula is C29H38N2O7. The summed E-state index contributed by atoms with van der Waals surface area (Å²) < 4.78 is 22.1. The highest BCUT2D eigenvalue weighted by Crippen LogP contribution is 2.38. The SMILES string of the molecule is C=Cc1c(C2=CC=NC2C2CCCCO2)ccc(N(C(=O)OC(C)(C)C)C(=O)OC(C)(C)C)c1C(=O)OC. The van der Waals surface area contributed by atoms with E-state index < -0.39 is 29.4 Å². The number of rotatable bonds is 5. The van der Waals surface area contributed by atoms with E-state index in [4.69, 9.17) is 18.9 Å². The van der Waals surface area contributed by atoms with E-state index in [1.54, 1.807) is 53.8 Å². The number of hydrogen-bond acceptors (Lipinski definition) is 8. The zero-order valence-corrected chi connectivity index (χ0v) is 23.3. The Morgan fingerprint density at radius 2 is 1.68 bits per heavy atom. The molecule has 2 aliphatic heterocycles. The van der Waals surface area contributed by atoms with Crippen LogP contribution >= 0.6 is 0 Å². The monoisotopic (exact) mass is 526 g/mol. The molecule has 0 radical (unpaired) electrons. The molecule has 1 aromatic carbocycles. The number of hydrogen-bond donors (Lipinski definition) is 0. The third-order valence-electron chi connectivity index (χ3n) is 5.91. The molecule has 0 saturated carbocycles. The first-order valence-corrected chi connectivity index (χ1v) is 12.8. The lowest BCUT2D eigenvalue weighted by molar-refractivity contribution is 0.0117. The molecule has 2 heterocycles. The summed E-state index contributed by atoms with van der Waals surface area (Å²) in [6.45, 7) is 14.7. The second kappa shape index (κ2) is 11.5. The quantitative estimate of drug-likeness (QED) is 0.332. The van der Waals surface area contributed by atoms with Gasteiger partial charge in [0.05, 0.1) is 24.5 Å². The Labute approximate surface area is 224 Å². The van der Waals surface area contributed by atoms with Crippen LogP contribution in [-0.4, -0.2) is 61.4 Å². The summed E-state index contributed by atoms with van der Waals surface area (Å²) in [7, 11) is 1.23. The fourth-order valence-corrected chi connectivity index (χ4v) is 4.42. The van der Waals surface area contributed by atoms with Crippen LogP contribution in [0.1, 0.15) is 82.3 Å². The number of ether oxygens (including phenoxy) is 4. The van der Waals surface area contributed by atoms with Crippen LogP contribution in [0.5, 0.6) is 0 Å². The minimum atomic E-state index is -0.989. The van der Waals surface area contributed by atoms with Gasteiger partial charge in [-0.1, -0.05) is 18.7 Å². The summed E-state index contributed by atoms with van der Waals surface area (Å²) in [5.41, 5.74) is 0.0337. The minimum absolute atomic E-state index is 0.0205. The molecule has 2 aliphatic rings. The Balaban J connectivity index is 2.18. The lowest BCUT2D eigenvalue weighted by Crippen LogP contribution is -2.44. The predicted octanol–water partition coefficient (Wildman–Crippen LogP) is 6.20. The number of imide groups is 1. The van der Waals surface area contributed by atoms with Crippen molar-refractivity contribution in [1.82, 2.24) is 0 Å². The Hall–Kier alpha value is -3.46. The van der Waals surface area contributed by atoms with Crippen molar-refractivity contribution >= 4 is 41.7 Å². The molecule has 206 valence electrons. The van der Waals surface area contributed by atoms with Crippen molar-refractivity contribution in [2.75, 3.05) is 18.6 Å². The van der Waals surface area contributed by atoms with E-state index in [0.29, 0.717) is 17.7 Å². The minimum Gasteiger partial charge on any atom is -0.465 e. The highest BCUT2D eigenvalue weighted by molar-refractivity contribution is 6.15. The van der Waals surface area contributed by atoms with Crippen molar-refractivity contribution in [2.24, 2.45) is 4.99 Å². The topological polar surface area (TPSA) is 104 Å². The van der Waals surface area contributed by atoms with E-state index in [2.05, 4.69) is 11.6 Å². The number of methoxy groups -OCH3 is 1. The van der Waals surface area contributed by atoms with E-state index in [1.807, 2.05) is 6.08 Å². The van der Waals surface area contributed by atoms with Crippen LogP contribution in [0.25, 0.3) is 11.6 Å². The van der Waals surface area contributed by atoms with Crippen LogP contribution in [-0.2, 0) is 18.9 Å². The number of amides is 2. The van der Waals surface area contributed by atoms with Gasteiger partial charge in [0.15, 0.2) is 0 Å². The molecule has 0 bridgehead atoms. The third kappa shape index (κ3) is 6.69. The van der Waals surface area contributed by atoms with E-state index in [9.17, 15) is 14.4 Å². The van der Waals surface area contributed by atoms with E-state index >= 15 is 0 Å². The van der Waals surface area contributed by atoms with Gasteiger partial charge in [-0.15, -0.1) is 0 Å². The molecular weight excluding hydrogens is 488 g/mol. The maximum atomic E-state index is 13.3.